The van der Waals surface area contributed by atoms with Crippen LogP contribution in [0.15, 0.2) is 6.20 Å². The molecule has 0 aliphatic heterocycles. The molecular weight excluding hydrogens is 180 g/mol. The molecular formula is C9H18N4O. The number of rotatable bonds is 5. The van der Waals surface area contributed by atoms with Crippen molar-refractivity contribution < 1.29 is 5.11 Å². The zero-order valence-corrected chi connectivity index (χ0v) is 8.94. The Morgan fingerprint density at radius 1 is 1.57 bits per heavy atom. The predicted octanol–water partition coefficient (Wildman–Crippen LogP) is -0.0784. The van der Waals surface area contributed by atoms with E-state index >= 15 is 0 Å². The third-order valence-corrected chi connectivity index (χ3v) is 2.55. The average molecular weight is 198 g/mol. The van der Waals surface area contributed by atoms with Gasteiger partial charge in [0.2, 0.25) is 0 Å². The zero-order chi connectivity index (χ0) is 10.6. The van der Waals surface area contributed by atoms with Crippen LogP contribution in [0.25, 0.3) is 0 Å². The number of aromatic nitrogens is 3. The van der Waals surface area contributed by atoms with Crippen molar-refractivity contribution in [2.75, 3.05) is 6.61 Å². The quantitative estimate of drug-likeness (QED) is 0.694. The van der Waals surface area contributed by atoms with Crippen LogP contribution >= 0.6 is 0 Å². The first-order valence-electron chi connectivity index (χ1n) is 4.83. The SMILES string of the molecule is CC(CO)C(C)NCc1cnnn1C. The first-order valence-corrected chi connectivity index (χ1v) is 4.83. The van der Waals surface area contributed by atoms with Crippen molar-refractivity contribution >= 4 is 0 Å². The number of nitrogens with one attached hydrogen (secondary N) is 1. The van der Waals surface area contributed by atoms with E-state index in [0.717, 1.165) is 12.2 Å². The molecule has 0 radical (unpaired) electrons. The Kier molecular flexibility index (Phi) is 4.03. The molecule has 0 amide bonds. The van der Waals surface area contributed by atoms with Gasteiger partial charge < -0.3 is 10.4 Å². The predicted molar refractivity (Wildman–Crippen MR) is 53.6 cm³/mol. The van der Waals surface area contributed by atoms with Crippen LogP contribution in [-0.4, -0.2) is 32.7 Å². The zero-order valence-electron chi connectivity index (χ0n) is 8.94. The third-order valence-electron chi connectivity index (χ3n) is 2.55. The number of hydrogen-bond acceptors (Lipinski definition) is 4. The van der Waals surface area contributed by atoms with E-state index in [2.05, 4.69) is 22.6 Å². The van der Waals surface area contributed by atoms with Gasteiger partial charge >= 0.3 is 0 Å². The Labute approximate surface area is 84.1 Å². The standard InChI is InChI=1S/C9H18N4O/c1-7(6-14)8(2)10-4-9-5-11-12-13(9)3/h5,7-8,10,14H,4,6H2,1-3H3. The molecule has 0 fully saturated rings. The van der Waals surface area contributed by atoms with Gasteiger partial charge in [-0.2, -0.15) is 0 Å². The van der Waals surface area contributed by atoms with Gasteiger partial charge in [0.25, 0.3) is 0 Å². The van der Waals surface area contributed by atoms with Crippen LogP contribution in [0, 0.1) is 5.92 Å². The van der Waals surface area contributed by atoms with Crippen molar-refractivity contribution in [2.45, 2.75) is 26.4 Å². The van der Waals surface area contributed by atoms with E-state index < -0.39 is 0 Å². The van der Waals surface area contributed by atoms with Gasteiger partial charge in [0.05, 0.1) is 11.9 Å². The Morgan fingerprint density at radius 2 is 2.29 bits per heavy atom. The summed E-state index contributed by atoms with van der Waals surface area (Å²) in [4.78, 5) is 0. The summed E-state index contributed by atoms with van der Waals surface area (Å²) in [5, 5.41) is 19.9. The number of hydrogen-bond donors (Lipinski definition) is 2. The summed E-state index contributed by atoms with van der Waals surface area (Å²) in [7, 11) is 1.87. The highest BCUT2D eigenvalue weighted by atomic mass is 16.3. The molecule has 0 aliphatic carbocycles. The number of aliphatic hydroxyl groups excluding tert-OH is 1. The van der Waals surface area contributed by atoms with Crippen molar-refractivity contribution in [1.29, 1.82) is 0 Å². The third kappa shape index (κ3) is 2.78. The Morgan fingerprint density at radius 3 is 2.79 bits per heavy atom. The molecule has 0 bridgehead atoms. The molecule has 0 aromatic carbocycles. The van der Waals surface area contributed by atoms with Crippen LogP contribution in [-0.2, 0) is 13.6 Å². The monoisotopic (exact) mass is 198 g/mol. The van der Waals surface area contributed by atoms with E-state index in [0.29, 0.717) is 0 Å². The minimum absolute atomic E-state index is 0.206. The lowest BCUT2D eigenvalue weighted by molar-refractivity contribution is 0.206. The Balaban J connectivity index is 2.37. The maximum absolute atomic E-state index is 8.95. The molecule has 1 aromatic rings. The second-order valence-electron chi connectivity index (χ2n) is 3.68. The number of nitrogens with zero attached hydrogens (tertiary/aromatic N) is 3. The molecule has 0 spiro atoms. The molecule has 1 rings (SSSR count). The second kappa shape index (κ2) is 5.07. The van der Waals surface area contributed by atoms with Crippen molar-refractivity contribution in [3.63, 3.8) is 0 Å². The summed E-state index contributed by atoms with van der Waals surface area (Å²) in [6.45, 7) is 5.01. The fraction of sp³-hybridized carbons (Fsp3) is 0.778. The van der Waals surface area contributed by atoms with Gasteiger partial charge in [0, 0.05) is 26.2 Å². The molecule has 1 aromatic heterocycles. The van der Waals surface area contributed by atoms with E-state index in [1.54, 1.807) is 10.9 Å². The highest BCUT2D eigenvalue weighted by Gasteiger charge is 2.10. The summed E-state index contributed by atoms with van der Waals surface area (Å²) in [5.74, 6) is 0.260. The molecule has 14 heavy (non-hydrogen) atoms. The fourth-order valence-corrected chi connectivity index (χ4v) is 1.10. The van der Waals surface area contributed by atoms with Crippen molar-refractivity contribution in [2.24, 2.45) is 13.0 Å². The minimum atomic E-state index is 0.206. The lowest BCUT2D eigenvalue weighted by Crippen LogP contribution is -2.33. The molecule has 1 heterocycles. The van der Waals surface area contributed by atoms with Crippen molar-refractivity contribution in [3.05, 3.63) is 11.9 Å². The molecule has 2 unspecified atom stereocenters. The largest absolute Gasteiger partial charge is 0.396 e. The van der Waals surface area contributed by atoms with Gasteiger partial charge in [-0.1, -0.05) is 12.1 Å². The van der Waals surface area contributed by atoms with Crippen LogP contribution in [0.1, 0.15) is 19.5 Å². The molecule has 5 nitrogen and oxygen atoms in total. The normalized spacial score (nSPS) is 15.4. The highest BCUT2D eigenvalue weighted by molar-refractivity contribution is 4.92. The first kappa shape index (κ1) is 11.1. The minimum Gasteiger partial charge on any atom is -0.396 e. The molecule has 2 N–H and O–H groups in total. The maximum Gasteiger partial charge on any atom is 0.0738 e. The van der Waals surface area contributed by atoms with E-state index in [4.69, 9.17) is 5.11 Å². The van der Waals surface area contributed by atoms with E-state index in [1.807, 2.05) is 14.0 Å². The summed E-state index contributed by atoms with van der Waals surface area (Å²) in [6, 6.07) is 0.287. The lowest BCUT2D eigenvalue weighted by Gasteiger charge is -2.18. The van der Waals surface area contributed by atoms with Gasteiger partial charge in [-0.05, 0) is 12.8 Å². The highest BCUT2D eigenvalue weighted by Crippen LogP contribution is 2.02. The van der Waals surface area contributed by atoms with Gasteiger partial charge in [0.15, 0.2) is 0 Å². The van der Waals surface area contributed by atoms with E-state index in [1.165, 1.54) is 0 Å². The van der Waals surface area contributed by atoms with Crippen molar-refractivity contribution in [1.82, 2.24) is 20.3 Å². The average Bonchev–Trinajstić information content (AvgIpc) is 2.59. The molecule has 0 saturated heterocycles. The first-order chi connectivity index (χ1) is 6.65. The molecule has 80 valence electrons. The number of aliphatic hydroxyl groups is 1. The summed E-state index contributed by atoms with van der Waals surface area (Å²) in [6.07, 6.45) is 1.74. The van der Waals surface area contributed by atoms with Crippen LogP contribution in [0.3, 0.4) is 0 Å². The van der Waals surface area contributed by atoms with Crippen LogP contribution in [0.2, 0.25) is 0 Å². The smallest absolute Gasteiger partial charge is 0.0738 e. The molecule has 5 heteroatoms. The van der Waals surface area contributed by atoms with Crippen LogP contribution in [0.4, 0.5) is 0 Å². The van der Waals surface area contributed by atoms with Crippen molar-refractivity contribution in [3.8, 4) is 0 Å². The second-order valence-corrected chi connectivity index (χ2v) is 3.68. The fourth-order valence-electron chi connectivity index (χ4n) is 1.10. The Bertz CT molecular complexity index is 274. The summed E-state index contributed by atoms with van der Waals surface area (Å²) < 4.78 is 1.74. The van der Waals surface area contributed by atoms with Crippen LogP contribution < -0.4 is 5.32 Å². The number of aryl methyl sites for hydroxylation is 1. The lowest BCUT2D eigenvalue weighted by atomic mass is 10.1. The topological polar surface area (TPSA) is 63.0 Å². The summed E-state index contributed by atoms with van der Waals surface area (Å²) in [5.41, 5.74) is 1.04. The van der Waals surface area contributed by atoms with E-state index in [-0.39, 0.29) is 18.6 Å². The molecule has 0 saturated carbocycles. The Hall–Kier alpha value is -0.940. The van der Waals surface area contributed by atoms with Gasteiger partial charge in [0.1, 0.15) is 0 Å². The maximum atomic E-state index is 8.95. The molecule has 0 aliphatic rings. The van der Waals surface area contributed by atoms with Gasteiger partial charge in [-0.3, -0.25) is 4.68 Å². The van der Waals surface area contributed by atoms with E-state index in [9.17, 15) is 0 Å². The van der Waals surface area contributed by atoms with Crippen LogP contribution in [0.5, 0.6) is 0 Å². The summed E-state index contributed by atoms with van der Waals surface area (Å²) >= 11 is 0. The molecule has 2 atom stereocenters. The van der Waals surface area contributed by atoms with Gasteiger partial charge in [-0.15, -0.1) is 5.10 Å². The van der Waals surface area contributed by atoms with Gasteiger partial charge in [-0.25, -0.2) is 0 Å².